The van der Waals surface area contributed by atoms with E-state index in [0.29, 0.717) is 19.8 Å². The number of benzene rings is 4. The molecular formula is C37H40O6. The van der Waals surface area contributed by atoms with Gasteiger partial charge in [0.2, 0.25) is 5.79 Å². The summed E-state index contributed by atoms with van der Waals surface area (Å²) in [5, 5.41) is 11.8. The molecule has 43 heavy (non-hydrogen) atoms. The SMILES string of the molecule is Cc1ccc([C@]23OC[C@](C(C)(C)O)(O2)[C@@H](OCc2ccccc2)[C@H](OCc2ccccc2)[C@H]3OCc2ccccc2)cc1. The van der Waals surface area contributed by atoms with Gasteiger partial charge in [-0.15, -0.1) is 0 Å². The lowest BCUT2D eigenvalue weighted by Gasteiger charge is -2.54. The molecule has 0 radical (unpaired) electrons. The van der Waals surface area contributed by atoms with Crippen LogP contribution < -0.4 is 0 Å². The van der Waals surface area contributed by atoms with E-state index in [9.17, 15) is 5.11 Å². The van der Waals surface area contributed by atoms with Gasteiger partial charge in [-0.2, -0.15) is 0 Å². The molecule has 0 amide bonds. The van der Waals surface area contributed by atoms with Crippen LogP contribution in [-0.2, 0) is 49.3 Å². The first-order valence-electron chi connectivity index (χ1n) is 14.9. The predicted molar refractivity (Wildman–Crippen MR) is 164 cm³/mol. The summed E-state index contributed by atoms with van der Waals surface area (Å²) < 4.78 is 34.1. The molecule has 224 valence electrons. The molecule has 0 aliphatic carbocycles. The molecule has 0 saturated carbocycles. The molecule has 0 spiro atoms. The summed E-state index contributed by atoms with van der Waals surface area (Å²) in [7, 11) is 0. The fourth-order valence-electron chi connectivity index (χ4n) is 6.10. The largest absolute Gasteiger partial charge is 0.387 e. The van der Waals surface area contributed by atoms with Crippen LogP contribution in [0.25, 0.3) is 0 Å². The van der Waals surface area contributed by atoms with Crippen LogP contribution >= 0.6 is 0 Å². The number of hydrogen-bond donors (Lipinski definition) is 1. The van der Waals surface area contributed by atoms with E-state index < -0.39 is 35.3 Å². The number of aliphatic hydroxyl groups is 1. The quantitative estimate of drug-likeness (QED) is 0.219. The maximum atomic E-state index is 11.8. The van der Waals surface area contributed by atoms with E-state index in [4.69, 9.17) is 23.7 Å². The van der Waals surface area contributed by atoms with Gasteiger partial charge in [0.15, 0.2) is 5.60 Å². The van der Waals surface area contributed by atoms with Gasteiger partial charge >= 0.3 is 0 Å². The van der Waals surface area contributed by atoms with E-state index in [-0.39, 0.29) is 6.61 Å². The summed E-state index contributed by atoms with van der Waals surface area (Å²) in [5.74, 6) is -1.34. The maximum absolute atomic E-state index is 11.8. The Hall–Kier alpha value is -3.36. The molecule has 2 heterocycles. The third-order valence-electron chi connectivity index (χ3n) is 8.59. The van der Waals surface area contributed by atoms with Crippen LogP contribution in [0.1, 0.15) is 41.7 Å². The van der Waals surface area contributed by atoms with Crippen LogP contribution in [-0.4, -0.2) is 41.2 Å². The lowest BCUT2D eigenvalue weighted by molar-refractivity contribution is -0.369. The van der Waals surface area contributed by atoms with E-state index >= 15 is 0 Å². The summed E-state index contributed by atoms with van der Waals surface area (Å²) in [5.41, 5.74) is 2.36. The van der Waals surface area contributed by atoms with E-state index in [1.54, 1.807) is 13.8 Å². The van der Waals surface area contributed by atoms with Crippen molar-refractivity contribution < 1.29 is 28.8 Å². The minimum absolute atomic E-state index is 0.0974. The van der Waals surface area contributed by atoms with E-state index in [2.05, 4.69) is 0 Å². The Morgan fingerprint density at radius 3 is 1.63 bits per heavy atom. The topological polar surface area (TPSA) is 66.4 Å². The average molecular weight is 581 g/mol. The van der Waals surface area contributed by atoms with E-state index in [0.717, 1.165) is 27.8 Å². The van der Waals surface area contributed by atoms with E-state index in [1.807, 2.05) is 122 Å². The van der Waals surface area contributed by atoms with Crippen LogP contribution in [0.15, 0.2) is 115 Å². The summed E-state index contributed by atoms with van der Waals surface area (Å²) in [6.07, 6.45) is -2.10. The Bertz CT molecular complexity index is 1450. The monoisotopic (exact) mass is 580 g/mol. The molecule has 2 fully saturated rings. The number of fused-ring (bicyclic) bond motifs is 2. The summed E-state index contributed by atoms with van der Waals surface area (Å²) >= 11 is 0. The van der Waals surface area contributed by atoms with Crippen LogP contribution in [0.5, 0.6) is 0 Å². The predicted octanol–water partition coefficient (Wildman–Crippen LogP) is 6.47. The second kappa shape index (κ2) is 12.3. The van der Waals surface area contributed by atoms with Crippen LogP contribution in [0, 0.1) is 6.92 Å². The van der Waals surface area contributed by atoms with Gasteiger partial charge in [-0.05, 0) is 37.5 Å². The van der Waals surface area contributed by atoms with Crippen molar-refractivity contribution in [2.24, 2.45) is 0 Å². The van der Waals surface area contributed by atoms with Crippen LogP contribution in [0.2, 0.25) is 0 Å². The van der Waals surface area contributed by atoms with Crippen molar-refractivity contribution in [3.8, 4) is 0 Å². The van der Waals surface area contributed by atoms with Gasteiger partial charge in [0.1, 0.15) is 18.3 Å². The minimum Gasteiger partial charge on any atom is -0.387 e. The number of ether oxygens (including phenoxy) is 5. The molecule has 6 rings (SSSR count). The third-order valence-corrected chi connectivity index (χ3v) is 8.59. The Kier molecular flexibility index (Phi) is 8.51. The van der Waals surface area contributed by atoms with Crippen molar-refractivity contribution in [2.45, 2.75) is 75.9 Å². The molecule has 2 bridgehead atoms. The normalized spacial score (nSPS) is 26.8. The highest BCUT2D eigenvalue weighted by Crippen LogP contribution is 2.56. The van der Waals surface area contributed by atoms with Crippen molar-refractivity contribution in [3.63, 3.8) is 0 Å². The fraction of sp³-hybridized carbons (Fsp3) is 0.351. The van der Waals surface area contributed by atoms with Crippen molar-refractivity contribution >= 4 is 0 Å². The van der Waals surface area contributed by atoms with Gasteiger partial charge in [0.25, 0.3) is 0 Å². The van der Waals surface area contributed by atoms with Crippen molar-refractivity contribution in [3.05, 3.63) is 143 Å². The Morgan fingerprint density at radius 1 is 0.674 bits per heavy atom. The molecule has 1 N–H and O–H groups in total. The number of rotatable bonds is 11. The lowest BCUT2D eigenvalue weighted by Crippen LogP contribution is -2.72. The maximum Gasteiger partial charge on any atom is 0.225 e. The van der Waals surface area contributed by atoms with Gasteiger partial charge < -0.3 is 28.8 Å². The molecule has 2 saturated heterocycles. The zero-order chi connectivity index (χ0) is 29.9. The van der Waals surface area contributed by atoms with Crippen molar-refractivity contribution in [2.75, 3.05) is 6.61 Å². The second-order valence-corrected chi connectivity index (χ2v) is 12.1. The smallest absolute Gasteiger partial charge is 0.225 e. The molecule has 0 unspecified atom stereocenters. The zero-order valence-corrected chi connectivity index (χ0v) is 25.0. The first-order chi connectivity index (χ1) is 20.8. The van der Waals surface area contributed by atoms with E-state index in [1.165, 1.54) is 0 Å². The standard InChI is InChI=1S/C37H40O6/c1-27-19-21-31(22-20-27)37-34(41-25-30-17-11-6-12-18-30)32(39-23-28-13-7-4-8-14-28)33(40-24-29-15-9-5-10-16-29)36(43-37,26-42-37)35(2,3)38/h4-22,32-34,38H,23-26H2,1-3H3/t32-,33-,34+,36-,37-/m0/s1. The average Bonchev–Trinajstić information content (AvgIpc) is 3.40. The van der Waals surface area contributed by atoms with Crippen molar-refractivity contribution in [1.82, 2.24) is 0 Å². The first kappa shape index (κ1) is 29.7. The highest BCUT2D eigenvalue weighted by molar-refractivity contribution is 5.31. The van der Waals surface area contributed by atoms with Gasteiger partial charge in [0, 0.05) is 5.56 Å². The van der Waals surface area contributed by atoms with Gasteiger partial charge in [-0.3, -0.25) is 0 Å². The summed E-state index contributed by atoms with van der Waals surface area (Å²) in [6.45, 7) is 6.59. The number of hydrogen-bond acceptors (Lipinski definition) is 6. The fourth-order valence-corrected chi connectivity index (χ4v) is 6.10. The molecular weight excluding hydrogens is 540 g/mol. The van der Waals surface area contributed by atoms with Gasteiger partial charge in [-0.25, -0.2) is 0 Å². The molecule has 0 aromatic heterocycles. The molecule has 4 aromatic rings. The summed E-state index contributed by atoms with van der Waals surface area (Å²) in [4.78, 5) is 0. The first-order valence-corrected chi connectivity index (χ1v) is 14.9. The van der Waals surface area contributed by atoms with Crippen LogP contribution in [0.3, 0.4) is 0 Å². The second-order valence-electron chi connectivity index (χ2n) is 12.1. The molecule has 2 aliphatic rings. The highest BCUT2D eigenvalue weighted by Gasteiger charge is 2.73. The Morgan fingerprint density at radius 2 is 1.14 bits per heavy atom. The Balaban J connectivity index is 1.45. The zero-order valence-electron chi connectivity index (χ0n) is 25.0. The summed E-state index contributed by atoms with van der Waals surface area (Å²) in [6, 6.07) is 38.1. The lowest BCUT2D eigenvalue weighted by atomic mass is 9.75. The van der Waals surface area contributed by atoms with Gasteiger partial charge in [-0.1, -0.05) is 121 Å². The molecule has 2 aliphatic heterocycles. The number of aryl methyl sites for hydroxylation is 1. The highest BCUT2D eigenvalue weighted by atomic mass is 16.8. The Labute approximate surface area is 254 Å². The molecule has 6 nitrogen and oxygen atoms in total. The molecule has 6 heteroatoms. The third kappa shape index (κ3) is 5.92. The van der Waals surface area contributed by atoms with Gasteiger partial charge in [0.05, 0.1) is 32.0 Å². The molecule has 5 atom stereocenters. The molecule has 4 aromatic carbocycles. The van der Waals surface area contributed by atoms with Crippen LogP contribution in [0.4, 0.5) is 0 Å². The van der Waals surface area contributed by atoms with Crippen molar-refractivity contribution in [1.29, 1.82) is 0 Å². The minimum atomic E-state index is -1.35.